The number of carbonyl (C=O) groups is 1. The Kier molecular flexibility index (Phi) is 4.62. The summed E-state index contributed by atoms with van der Waals surface area (Å²) in [7, 11) is 0. The minimum Gasteiger partial charge on any atom is -0.469 e. The van der Waals surface area contributed by atoms with Gasteiger partial charge in [0.1, 0.15) is 11.8 Å². The number of nitriles is 1. The molecule has 0 bridgehead atoms. The molecule has 1 heterocycles. The maximum atomic E-state index is 12.2. The number of furan rings is 1. The lowest BCUT2D eigenvalue weighted by atomic mass is 9.84. The average molecular weight is 260 g/mol. The number of rotatable bonds is 4. The Balaban J connectivity index is 2.02. The number of hydrogen-bond donors (Lipinski definition) is 1. The van der Waals surface area contributed by atoms with Crippen LogP contribution in [-0.4, -0.2) is 11.9 Å². The molecule has 0 spiro atoms. The van der Waals surface area contributed by atoms with Crippen molar-refractivity contribution in [3.8, 4) is 6.07 Å². The smallest absolute Gasteiger partial charge is 0.255 e. The molecule has 0 radical (unpaired) electrons. The van der Waals surface area contributed by atoms with Gasteiger partial charge in [-0.15, -0.1) is 0 Å². The first-order chi connectivity index (χ1) is 9.26. The third-order valence-corrected chi connectivity index (χ3v) is 3.86. The number of nitrogens with zero attached hydrogens (tertiary/aromatic N) is 1. The van der Waals surface area contributed by atoms with Crippen LogP contribution in [0.3, 0.4) is 0 Å². The second-order valence-electron chi connectivity index (χ2n) is 5.09. The third-order valence-electron chi connectivity index (χ3n) is 3.86. The van der Waals surface area contributed by atoms with Crippen LogP contribution in [0.1, 0.15) is 55.1 Å². The van der Waals surface area contributed by atoms with Gasteiger partial charge in [0.15, 0.2) is 0 Å². The topological polar surface area (TPSA) is 66.0 Å². The van der Waals surface area contributed by atoms with Crippen molar-refractivity contribution in [2.75, 3.05) is 0 Å². The van der Waals surface area contributed by atoms with Gasteiger partial charge in [0.05, 0.1) is 17.9 Å². The fourth-order valence-corrected chi connectivity index (χ4v) is 2.76. The van der Waals surface area contributed by atoms with E-state index in [1.807, 2.05) is 6.92 Å². The van der Waals surface area contributed by atoms with Gasteiger partial charge in [-0.1, -0.05) is 26.2 Å². The van der Waals surface area contributed by atoms with Gasteiger partial charge in [-0.2, -0.15) is 5.26 Å². The van der Waals surface area contributed by atoms with Crippen LogP contribution < -0.4 is 5.32 Å². The molecule has 1 N–H and O–H groups in total. The van der Waals surface area contributed by atoms with Crippen LogP contribution in [0, 0.1) is 17.2 Å². The van der Waals surface area contributed by atoms with Crippen molar-refractivity contribution in [3.63, 3.8) is 0 Å². The average Bonchev–Trinajstić information content (AvgIpc) is 2.94. The normalized spacial score (nSPS) is 17.7. The molecule has 1 atom stereocenters. The standard InChI is InChI=1S/C15H20N2O2/c1-2-14-12(8-9-19-14)15(18)17-13(10-16)11-6-4-3-5-7-11/h8-9,11,13H,2-7H2,1H3,(H,17,18). The van der Waals surface area contributed by atoms with E-state index in [1.54, 1.807) is 6.07 Å². The Morgan fingerprint density at radius 2 is 2.26 bits per heavy atom. The summed E-state index contributed by atoms with van der Waals surface area (Å²) in [5, 5.41) is 12.1. The molecule has 4 nitrogen and oxygen atoms in total. The van der Waals surface area contributed by atoms with Gasteiger partial charge in [-0.3, -0.25) is 4.79 Å². The largest absolute Gasteiger partial charge is 0.469 e. The summed E-state index contributed by atoms with van der Waals surface area (Å²) in [4.78, 5) is 12.2. The maximum Gasteiger partial charge on any atom is 0.255 e. The Morgan fingerprint density at radius 1 is 1.53 bits per heavy atom. The maximum absolute atomic E-state index is 12.2. The Bertz CT molecular complexity index is 467. The van der Waals surface area contributed by atoms with E-state index >= 15 is 0 Å². The van der Waals surface area contributed by atoms with E-state index in [1.165, 1.54) is 12.7 Å². The number of hydrogen-bond acceptors (Lipinski definition) is 3. The molecule has 1 saturated carbocycles. The molecule has 1 aromatic heterocycles. The van der Waals surface area contributed by atoms with Crippen LogP contribution in [-0.2, 0) is 6.42 Å². The Labute approximate surface area is 113 Å². The first-order valence-electron chi connectivity index (χ1n) is 7.03. The van der Waals surface area contributed by atoms with Crippen molar-refractivity contribution < 1.29 is 9.21 Å². The highest BCUT2D eigenvalue weighted by Crippen LogP contribution is 2.26. The molecule has 4 heteroatoms. The third kappa shape index (κ3) is 3.17. The number of nitrogens with one attached hydrogen (secondary N) is 1. The second-order valence-corrected chi connectivity index (χ2v) is 5.09. The van der Waals surface area contributed by atoms with Crippen molar-refractivity contribution >= 4 is 5.91 Å². The molecule has 1 amide bonds. The quantitative estimate of drug-likeness (QED) is 0.904. The first-order valence-corrected chi connectivity index (χ1v) is 7.03. The molecule has 1 aromatic rings. The molecule has 0 aromatic carbocycles. The summed E-state index contributed by atoms with van der Waals surface area (Å²) in [6, 6.07) is 3.53. The lowest BCUT2D eigenvalue weighted by Crippen LogP contribution is -2.40. The highest BCUT2D eigenvalue weighted by atomic mass is 16.3. The fourth-order valence-electron chi connectivity index (χ4n) is 2.76. The van der Waals surface area contributed by atoms with Gasteiger partial charge >= 0.3 is 0 Å². The van der Waals surface area contributed by atoms with Crippen molar-refractivity contribution in [1.82, 2.24) is 5.32 Å². The zero-order valence-corrected chi connectivity index (χ0v) is 11.3. The van der Waals surface area contributed by atoms with Gasteiger partial charge in [0.25, 0.3) is 5.91 Å². The minimum absolute atomic E-state index is 0.192. The molecular formula is C15H20N2O2. The van der Waals surface area contributed by atoms with E-state index in [-0.39, 0.29) is 11.9 Å². The molecule has 2 rings (SSSR count). The van der Waals surface area contributed by atoms with Gasteiger partial charge in [-0.05, 0) is 24.8 Å². The zero-order valence-electron chi connectivity index (χ0n) is 11.3. The SMILES string of the molecule is CCc1occc1C(=O)NC(C#N)C1CCCCC1. The molecule has 1 unspecified atom stereocenters. The van der Waals surface area contributed by atoms with E-state index in [4.69, 9.17) is 4.42 Å². The van der Waals surface area contributed by atoms with Crippen LogP contribution in [0.5, 0.6) is 0 Å². The van der Waals surface area contributed by atoms with Crippen LogP contribution >= 0.6 is 0 Å². The lowest BCUT2D eigenvalue weighted by Gasteiger charge is -2.26. The van der Waals surface area contributed by atoms with E-state index in [0.29, 0.717) is 23.7 Å². The summed E-state index contributed by atoms with van der Waals surface area (Å²) in [6.07, 6.45) is 7.82. The molecule has 1 aliphatic carbocycles. The number of carbonyl (C=O) groups excluding carboxylic acids is 1. The number of aryl methyl sites for hydroxylation is 1. The van der Waals surface area contributed by atoms with Crippen LogP contribution in [0.4, 0.5) is 0 Å². The molecular weight excluding hydrogens is 240 g/mol. The minimum atomic E-state index is -0.382. The van der Waals surface area contributed by atoms with Gasteiger partial charge in [0, 0.05) is 6.42 Å². The van der Waals surface area contributed by atoms with Crippen LogP contribution in [0.2, 0.25) is 0 Å². The Hall–Kier alpha value is -1.76. The fraction of sp³-hybridized carbons (Fsp3) is 0.600. The van der Waals surface area contributed by atoms with Crippen molar-refractivity contribution in [2.24, 2.45) is 5.92 Å². The summed E-state index contributed by atoms with van der Waals surface area (Å²) in [5.41, 5.74) is 0.554. The molecule has 0 saturated heterocycles. The zero-order chi connectivity index (χ0) is 13.7. The molecule has 0 aliphatic heterocycles. The van der Waals surface area contributed by atoms with Gasteiger partial charge in [0.2, 0.25) is 0 Å². The predicted octanol–water partition coefficient (Wildman–Crippen LogP) is 3.04. The van der Waals surface area contributed by atoms with E-state index < -0.39 is 0 Å². The summed E-state index contributed by atoms with van der Waals surface area (Å²) in [5.74, 6) is 0.778. The molecule has 1 aliphatic rings. The van der Waals surface area contributed by atoms with Crippen molar-refractivity contribution in [2.45, 2.75) is 51.5 Å². The lowest BCUT2D eigenvalue weighted by molar-refractivity contribution is 0.0927. The number of amides is 1. The predicted molar refractivity (Wildman–Crippen MR) is 71.5 cm³/mol. The molecule has 1 fully saturated rings. The molecule has 102 valence electrons. The monoisotopic (exact) mass is 260 g/mol. The summed E-state index contributed by atoms with van der Waals surface area (Å²) >= 11 is 0. The van der Waals surface area contributed by atoms with Crippen molar-refractivity contribution in [3.05, 3.63) is 23.7 Å². The van der Waals surface area contributed by atoms with Crippen LogP contribution in [0.15, 0.2) is 16.7 Å². The highest BCUT2D eigenvalue weighted by molar-refractivity contribution is 5.95. The highest BCUT2D eigenvalue weighted by Gasteiger charge is 2.26. The van der Waals surface area contributed by atoms with E-state index in [2.05, 4.69) is 11.4 Å². The Morgan fingerprint density at radius 3 is 2.89 bits per heavy atom. The summed E-state index contributed by atoms with van der Waals surface area (Å²) < 4.78 is 5.25. The first kappa shape index (κ1) is 13.7. The summed E-state index contributed by atoms with van der Waals surface area (Å²) in [6.45, 7) is 1.94. The van der Waals surface area contributed by atoms with E-state index in [0.717, 1.165) is 25.7 Å². The van der Waals surface area contributed by atoms with E-state index in [9.17, 15) is 10.1 Å². The van der Waals surface area contributed by atoms with Gasteiger partial charge < -0.3 is 9.73 Å². The van der Waals surface area contributed by atoms with Crippen LogP contribution in [0.25, 0.3) is 0 Å². The molecule has 19 heavy (non-hydrogen) atoms. The second kappa shape index (κ2) is 6.42. The van der Waals surface area contributed by atoms with Crippen molar-refractivity contribution in [1.29, 1.82) is 5.26 Å². The van der Waals surface area contributed by atoms with Gasteiger partial charge in [-0.25, -0.2) is 0 Å².